The number of benzene rings is 1. The lowest BCUT2D eigenvalue weighted by Gasteiger charge is -2.24. The molecular weight excluding hydrogens is 327 g/mol. The van der Waals surface area contributed by atoms with E-state index in [0.717, 1.165) is 22.2 Å². The minimum absolute atomic E-state index is 0.0238. The van der Waals surface area contributed by atoms with Gasteiger partial charge in [-0.2, -0.15) is 13.2 Å². The largest absolute Gasteiger partial charge is 0.392 e. The molecule has 0 radical (unpaired) electrons. The molecule has 1 aliphatic carbocycles. The van der Waals surface area contributed by atoms with Crippen LogP contribution in [-0.2, 0) is 0 Å². The van der Waals surface area contributed by atoms with Crippen molar-refractivity contribution in [1.82, 2.24) is 14.5 Å². The van der Waals surface area contributed by atoms with Gasteiger partial charge in [-0.1, -0.05) is 24.3 Å². The zero-order valence-corrected chi connectivity index (χ0v) is 13.4. The second-order valence-electron chi connectivity index (χ2n) is 6.21. The summed E-state index contributed by atoms with van der Waals surface area (Å²) in [7, 11) is 0. The molecule has 1 unspecified atom stereocenters. The van der Waals surface area contributed by atoms with Gasteiger partial charge in [-0.3, -0.25) is 4.57 Å². The highest BCUT2D eigenvalue weighted by atomic mass is 19.4. The number of hydrogen-bond acceptors (Lipinski definition) is 2. The lowest BCUT2D eigenvalue weighted by atomic mass is 9.88. The molecular formula is C19H16F3N3. The Hall–Kier alpha value is -2.63. The number of allylic oxidation sites excluding steroid dienone is 2. The Morgan fingerprint density at radius 3 is 2.48 bits per heavy atom. The van der Waals surface area contributed by atoms with Crippen molar-refractivity contribution >= 4 is 16.5 Å². The van der Waals surface area contributed by atoms with Crippen LogP contribution >= 0.6 is 0 Å². The molecule has 2 aromatic heterocycles. The number of halogens is 3. The Balaban J connectivity index is 1.82. The van der Waals surface area contributed by atoms with E-state index < -0.39 is 12.1 Å². The smallest absolute Gasteiger partial charge is 0.278 e. The standard InChI is InChI=1S/C19H16F3N3/c20-19(21,22)15-8-6-13(7-9-15)17-12-14-4-1-2-5-16(14)25(17)18-23-10-3-11-24-18/h1-6,10-12,15H,7-9H2. The number of fused-ring (bicyclic) bond motifs is 1. The Kier molecular flexibility index (Phi) is 3.82. The van der Waals surface area contributed by atoms with Gasteiger partial charge in [-0.15, -0.1) is 0 Å². The van der Waals surface area contributed by atoms with Crippen molar-refractivity contribution in [2.75, 3.05) is 0 Å². The van der Waals surface area contributed by atoms with Crippen molar-refractivity contribution in [3.63, 3.8) is 0 Å². The number of hydrogen-bond donors (Lipinski definition) is 0. The number of rotatable bonds is 2. The van der Waals surface area contributed by atoms with E-state index in [0.29, 0.717) is 12.4 Å². The van der Waals surface area contributed by atoms with Gasteiger partial charge in [0.05, 0.1) is 17.1 Å². The van der Waals surface area contributed by atoms with Gasteiger partial charge in [0.15, 0.2) is 0 Å². The van der Waals surface area contributed by atoms with Crippen LogP contribution in [-0.4, -0.2) is 20.7 Å². The summed E-state index contributed by atoms with van der Waals surface area (Å²) in [4.78, 5) is 8.65. The molecule has 4 rings (SSSR count). The van der Waals surface area contributed by atoms with E-state index in [1.54, 1.807) is 24.5 Å². The van der Waals surface area contributed by atoms with Gasteiger partial charge in [-0.05, 0) is 43.0 Å². The minimum Gasteiger partial charge on any atom is -0.278 e. The Morgan fingerprint density at radius 2 is 1.80 bits per heavy atom. The molecule has 6 heteroatoms. The van der Waals surface area contributed by atoms with E-state index in [9.17, 15) is 13.2 Å². The third-order valence-corrected chi connectivity index (χ3v) is 4.67. The molecule has 0 saturated heterocycles. The molecule has 25 heavy (non-hydrogen) atoms. The van der Waals surface area contributed by atoms with E-state index in [4.69, 9.17) is 0 Å². The van der Waals surface area contributed by atoms with E-state index >= 15 is 0 Å². The average molecular weight is 343 g/mol. The number of para-hydroxylation sites is 1. The Morgan fingerprint density at radius 1 is 1.04 bits per heavy atom. The molecule has 128 valence electrons. The van der Waals surface area contributed by atoms with Crippen LogP contribution in [0.2, 0.25) is 0 Å². The fourth-order valence-corrected chi connectivity index (χ4v) is 3.38. The molecule has 0 aliphatic heterocycles. The monoisotopic (exact) mass is 343 g/mol. The van der Waals surface area contributed by atoms with Gasteiger partial charge < -0.3 is 0 Å². The molecule has 0 spiro atoms. The van der Waals surface area contributed by atoms with Crippen molar-refractivity contribution in [1.29, 1.82) is 0 Å². The van der Waals surface area contributed by atoms with Crippen molar-refractivity contribution in [3.05, 3.63) is 60.6 Å². The SMILES string of the molecule is FC(F)(F)C1CC=C(c2cc3ccccc3n2-c2ncccn2)CC1. The molecule has 1 aromatic carbocycles. The van der Waals surface area contributed by atoms with Crippen molar-refractivity contribution in [3.8, 4) is 5.95 Å². The first-order valence-electron chi connectivity index (χ1n) is 8.18. The van der Waals surface area contributed by atoms with Gasteiger partial charge in [0.25, 0.3) is 0 Å². The van der Waals surface area contributed by atoms with Gasteiger partial charge in [0.2, 0.25) is 5.95 Å². The summed E-state index contributed by atoms with van der Waals surface area (Å²) >= 11 is 0. The highest BCUT2D eigenvalue weighted by Crippen LogP contribution is 2.40. The summed E-state index contributed by atoms with van der Waals surface area (Å²) in [5.41, 5.74) is 2.74. The molecule has 0 saturated carbocycles. The summed E-state index contributed by atoms with van der Waals surface area (Å²) in [6.07, 6.45) is 1.45. The normalized spacial score (nSPS) is 18.4. The quantitative estimate of drug-likeness (QED) is 0.643. The van der Waals surface area contributed by atoms with Crippen molar-refractivity contribution < 1.29 is 13.2 Å². The average Bonchev–Trinajstić information content (AvgIpc) is 3.01. The van der Waals surface area contributed by atoms with Crippen molar-refractivity contribution in [2.45, 2.75) is 25.4 Å². The van der Waals surface area contributed by atoms with Gasteiger partial charge >= 0.3 is 6.18 Å². The molecule has 0 bridgehead atoms. The second-order valence-corrected chi connectivity index (χ2v) is 6.21. The van der Waals surface area contributed by atoms with E-state index in [-0.39, 0.29) is 12.8 Å². The Bertz CT molecular complexity index is 926. The van der Waals surface area contributed by atoms with Crippen LogP contribution in [0.3, 0.4) is 0 Å². The molecule has 1 aliphatic rings. The summed E-state index contributed by atoms with van der Waals surface area (Å²) < 4.78 is 40.7. The zero-order valence-electron chi connectivity index (χ0n) is 13.4. The van der Waals surface area contributed by atoms with Crippen LogP contribution < -0.4 is 0 Å². The number of aromatic nitrogens is 3. The molecule has 1 atom stereocenters. The third-order valence-electron chi connectivity index (χ3n) is 4.67. The number of nitrogens with zero attached hydrogens (tertiary/aromatic N) is 3. The fourth-order valence-electron chi connectivity index (χ4n) is 3.38. The molecule has 0 N–H and O–H groups in total. The van der Waals surface area contributed by atoms with Crippen LogP contribution in [0.5, 0.6) is 0 Å². The first kappa shape index (κ1) is 15.9. The van der Waals surface area contributed by atoms with E-state index in [1.807, 2.05) is 34.9 Å². The highest BCUT2D eigenvalue weighted by Gasteiger charge is 2.40. The highest BCUT2D eigenvalue weighted by molar-refractivity contribution is 5.87. The van der Waals surface area contributed by atoms with Gasteiger partial charge in [-0.25, -0.2) is 9.97 Å². The maximum atomic E-state index is 12.9. The van der Waals surface area contributed by atoms with E-state index in [2.05, 4.69) is 9.97 Å². The lowest BCUT2D eigenvalue weighted by molar-refractivity contribution is -0.175. The maximum Gasteiger partial charge on any atom is 0.392 e. The fraction of sp³-hybridized carbons (Fsp3) is 0.263. The zero-order chi connectivity index (χ0) is 17.4. The topological polar surface area (TPSA) is 30.7 Å². The Labute approximate surface area is 142 Å². The summed E-state index contributed by atoms with van der Waals surface area (Å²) in [5, 5.41) is 1.02. The first-order chi connectivity index (χ1) is 12.0. The van der Waals surface area contributed by atoms with Gasteiger partial charge in [0.1, 0.15) is 0 Å². The van der Waals surface area contributed by atoms with Crippen LogP contribution in [0, 0.1) is 5.92 Å². The molecule has 0 amide bonds. The lowest BCUT2D eigenvalue weighted by Crippen LogP contribution is -2.24. The van der Waals surface area contributed by atoms with Crippen LogP contribution in [0.15, 0.2) is 54.9 Å². The molecule has 0 fully saturated rings. The summed E-state index contributed by atoms with van der Waals surface area (Å²) in [5.74, 6) is -0.723. The first-order valence-corrected chi connectivity index (χ1v) is 8.18. The summed E-state index contributed by atoms with van der Waals surface area (Å²) in [6, 6.07) is 11.6. The second kappa shape index (κ2) is 6.02. The van der Waals surface area contributed by atoms with Crippen molar-refractivity contribution in [2.24, 2.45) is 5.92 Å². The van der Waals surface area contributed by atoms with E-state index in [1.165, 1.54) is 0 Å². The van der Waals surface area contributed by atoms with Crippen LogP contribution in [0.1, 0.15) is 25.0 Å². The maximum absolute atomic E-state index is 12.9. The molecule has 3 nitrogen and oxygen atoms in total. The van der Waals surface area contributed by atoms with Gasteiger partial charge in [0, 0.05) is 17.8 Å². The minimum atomic E-state index is -4.13. The predicted molar refractivity (Wildman–Crippen MR) is 90.2 cm³/mol. The number of alkyl halides is 3. The third kappa shape index (κ3) is 2.92. The van der Waals surface area contributed by atoms with Crippen LogP contribution in [0.4, 0.5) is 13.2 Å². The molecule has 2 heterocycles. The molecule has 3 aromatic rings. The van der Waals surface area contributed by atoms with Crippen LogP contribution in [0.25, 0.3) is 22.4 Å². The predicted octanol–water partition coefficient (Wildman–Crippen LogP) is 5.17. The summed E-state index contributed by atoms with van der Waals surface area (Å²) in [6.45, 7) is 0.